The lowest BCUT2D eigenvalue weighted by molar-refractivity contribution is 0.182. The van der Waals surface area contributed by atoms with Gasteiger partial charge in [-0.2, -0.15) is 5.26 Å². The maximum Gasteiger partial charge on any atom is 0.103 e. The lowest BCUT2D eigenvalue weighted by Gasteiger charge is -2.30. The summed E-state index contributed by atoms with van der Waals surface area (Å²) in [6.07, 6.45) is 1.99. The molecule has 0 heterocycles. The average molecular weight is 264 g/mol. The highest BCUT2D eigenvalue weighted by atomic mass is 32.2. The molecule has 0 aromatic heterocycles. The number of ether oxygens (including phenoxy) is 1. The van der Waals surface area contributed by atoms with Crippen LogP contribution in [-0.4, -0.2) is 32.6 Å². The Kier molecular flexibility index (Phi) is 6.03. The Bertz CT molecular complexity index is 428. The van der Waals surface area contributed by atoms with Gasteiger partial charge in [-0.25, -0.2) is 0 Å². The molecule has 1 aromatic carbocycles. The van der Waals surface area contributed by atoms with Gasteiger partial charge in [-0.15, -0.1) is 11.8 Å². The van der Waals surface area contributed by atoms with Crippen molar-refractivity contribution >= 4 is 17.4 Å². The number of hydrogen-bond donors (Lipinski definition) is 0. The standard InChI is InChI=1S/C14H20N2OS/c1-5-16(11(2)10-17-3)13-7-6-8-14(18-4)12(13)9-15/h6-8,11H,5,10H2,1-4H3. The molecule has 0 aliphatic carbocycles. The van der Waals surface area contributed by atoms with Gasteiger partial charge in [-0.1, -0.05) is 6.07 Å². The first-order valence-corrected chi connectivity index (χ1v) is 7.24. The number of likely N-dealkylation sites (N-methyl/N-ethyl adjacent to an activating group) is 1. The van der Waals surface area contributed by atoms with Gasteiger partial charge in [0.05, 0.1) is 17.9 Å². The molecular weight excluding hydrogens is 244 g/mol. The normalized spacial score (nSPS) is 11.9. The summed E-state index contributed by atoms with van der Waals surface area (Å²) in [5, 5.41) is 9.37. The number of anilines is 1. The van der Waals surface area contributed by atoms with Crippen LogP contribution in [0.5, 0.6) is 0 Å². The maximum atomic E-state index is 9.37. The highest BCUT2D eigenvalue weighted by molar-refractivity contribution is 7.98. The van der Waals surface area contributed by atoms with E-state index in [1.807, 2.05) is 24.5 Å². The molecule has 0 radical (unpaired) electrons. The lowest BCUT2D eigenvalue weighted by Crippen LogP contribution is -2.36. The smallest absolute Gasteiger partial charge is 0.103 e. The fraction of sp³-hybridized carbons (Fsp3) is 0.500. The molecule has 98 valence electrons. The van der Waals surface area contributed by atoms with Crippen molar-refractivity contribution in [3.8, 4) is 6.07 Å². The first kappa shape index (κ1) is 14.9. The lowest BCUT2D eigenvalue weighted by atomic mass is 10.1. The van der Waals surface area contributed by atoms with Crippen molar-refractivity contribution in [3.05, 3.63) is 23.8 Å². The molecule has 0 saturated heterocycles. The van der Waals surface area contributed by atoms with Gasteiger partial charge in [-0.05, 0) is 32.2 Å². The van der Waals surface area contributed by atoms with Crippen LogP contribution in [0, 0.1) is 11.3 Å². The molecule has 3 nitrogen and oxygen atoms in total. The van der Waals surface area contributed by atoms with E-state index in [-0.39, 0.29) is 6.04 Å². The van der Waals surface area contributed by atoms with E-state index in [2.05, 4.69) is 24.8 Å². The van der Waals surface area contributed by atoms with E-state index in [4.69, 9.17) is 4.74 Å². The van der Waals surface area contributed by atoms with E-state index in [0.29, 0.717) is 6.61 Å². The van der Waals surface area contributed by atoms with E-state index in [0.717, 1.165) is 22.7 Å². The number of benzene rings is 1. The fourth-order valence-corrected chi connectivity index (χ4v) is 2.66. The number of rotatable bonds is 6. The second kappa shape index (κ2) is 7.30. The number of methoxy groups -OCH3 is 1. The summed E-state index contributed by atoms with van der Waals surface area (Å²) in [5.41, 5.74) is 1.76. The Labute approximate surface area is 114 Å². The minimum Gasteiger partial charge on any atom is -0.383 e. The molecule has 0 aliphatic heterocycles. The molecule has 0 N–H and O–H groups in total. The molecule has 1 unspecified atom stereocenters. The summed E-state index contributed by atoms with van der Waals surface area (Å²) >= 11 is 1.61. The van der Waals surface area contributed by atoms with Crippen LogP contribution in [0.1, 0.15) is 19.4 Å². The minimum atomic E-state index is 0.254. The molecule has 1 aromatic rings. The van der Waals surface area contributed by atoms with Crippen molar-refractivity contribution in [2.45, 2.75) is 24.8 Å². The zero-order chi connectivity index (χ0) is 13.5. The topological polar surface area (TPSA) is 36.3 Å². The summed E-state index contributed by atoms with van der Waals surface area (Å²) in [6.45, 7) is 5.72. The predicted molar refractivity (Wildman–Crippen MR) is 77.3 cm³/mol. The predicted octanol–water partition coefficient (Wildman–Crippen LogP) is 3.14. The maximum absolute atomic E-state index is 9.37. The van der Waals surface area contributed by atoms with Crippen molar-refractivity contribution in [2.75, 3.05) is 31.4 Å². The Morgan fingerprint density at radius 1 is 1.50 bits per heavy atom. The fourth-order valence-electron chi connectivity index (χ4n) is 2.09. The third-order valence-electron chi connectivity index (χ3n) is 2.93. The molecule has 0 bridgehead atoms. The molecule has 0 aliphatic rings. The summed E-state index contributed by atoms with van der Waals surface area (Å²) in [6, 6.07) is 8.58. The van der Waals surface area contributed by atoms with Crippen LogP contribution in [0.3, 0.4) is 0 Å². The summed E-state index contributed by atoms with van der Waals surface area (Å²) in [4.78, 5) is 3.24. The van der Waals surface area contributed by atoms with Gasteiger partial charge < -0.3 is 9.64 Å². The number of thioether (sulfide) groups is 1. The van der Waals surface area contributed by atoms with Gasteiger partial charge >= 0.3 is 0 Å². The van der Waals surface area contributed by atoms with Crippen LogP contribution >= 0.6 is 11.8 Å². The Morgan fingerprint density at radius 3 is 2.72 bits per heavy atom. The van der Waals surface area contributed by atoms with Gasteiger partial charge in [0, 0.05) is 24.6 Å². The Morgan fingerprint density at radius 2 is 2.22 bits per heavy atom. The van der Waals surface area contributed by atoms with Crippen LogP contribution in [0.4, 0.5) is 5.69 Å². The first-order valence-electron chi connectivity index (χ1n) is 6.02. The average Bonchev–Trinajstić information content (AvgIpc) is 2.39. The van der Waals surface area contributed by atoms with Crippen molar-refractivity contribution in [1.82, 2.24) is 0 Å². The van der Waals surface area contributed by atoms with Crippen LogP contribution in [0.2, 0.25) is 0 Å². The molecule has 1 atom stereocenters. The molecule has 0 spiro atoms. The molecule has 4 heteroatoms. The van der Waals surface area contributed by atoms with Crippen LogP contribution in [0.25, 0.3) is 0 Å². The minimum absolute atomic E-state index is 0.254. The summed E-state index contributed by atoms with van der Waals surface area (Å²) in [5.74, 6) is 0. The van der Waals surface area contributed by atoms with E-state index < -0.39 is 0 Å². The van der Waals surface area contributed by atoms with Crippen LogP contribution in [-0.2, 0) is 4.74 Å². The third-order valence-corrected chi connectivity index (χ3v) is 3.71. The van der Waals surface area contributed by atoms with E-state index >= 15 is 0 Å². The Balaban J connectivity index is 3.17. The van der Waals surface area contributed by atoms with Gasteiger partial charge in [0.15, 0.2) is 0 Å². The molecular formula is C14H20N2OS. The SMILES string of the molecule is CCN(c1cccc(SC)c1C#N)C(C)COC. The highest BCUT2D eigenvalue weighted by Gasteiger charge is 2.17. The third kappa shape index (κ3) is 3.18. The quantitative estimate of drug-likeness (QED) is 0.740. The molecule has 0 fully saturated rings. The first-order chi connectivity index (χ1) is 8.69. The zero-order valence-corrected chi connectivity index (χ0v) is 12.3. The van der Waals surface area contributed by atoms with Crippen LogP contribution < -0.4 is 4.90 Å². The molecule has 18 heavy (non-hydrogen) atoms. The Hall–Kier alpha value is -1.18. The molecule has 0 amide bonds. The second-order valence-corrected chi connectivity index (χ2v) is 4.90. The van der Waals surface area contributed by atoms with Crippen molar-refractivity contribution in [3.63, 3.8) is 0 Å². The summed E-state index contributed by atoms with van der Waals surface area (Å²) in [7, 11) is 1.70. The van der Waals surface area contributed by atoms with Gasteiger partial charge in [0.25, 0.3) is 0 Å². The number of hydrogen-bond acceptors (Lipinski definition) is 4. The molecule has 0 saturated carbocycles. The monoisotopic (exact) mass is 264 g/mol. The second-order valence-electron chi connectivity index (χ2n) is 4.06. The van der Waals surface area contributed by atoms with E-state index in [9.17, 15) is 5.26 Å². The van der Waals surface area contributed by atoms with E-state index in [1.54, 1.807) is 18.9 Å². The number of nitrogens with zero attached hydrogens (tertiary/aromatic N) is 2. The zero-order valence-electron chi connectivity index (χ0n) is 11.4. The van der Waals surface area contributed by atoms with Gasteiger partial charge in [0.1, 0.15) is 6.07 Å². The molecule has 1 rings (SSSR count). The van der Waals surface area contributed by atoms with Crippen molar-refractivity contribution < 1.29 is 4.74 Å². The van der Waals surface area contributed by atoms with Crippen molar-refractivity contribution in [1.29, 1.82) is 5.26 Å². The van der Waals surface area contributed by atoms with Gasteiger partial charge in [0.2, 0.25) is 0 Å². The van der Waals surface area contributed by atoms with E-state index in [1.165, 1.54) is 0 Å². The van der Waals surface area contributed by atoms with Gasteiger partial charge in [-0.3, -0.25) is 0 Å². The van der Waals surface area contributed by atoms with Crippen LogP contribution in [0.15, 0.2) is 23.1 Å². The summed E-state index contributed by atoms with van der Waals surface area (Å²) < 4.78 is 5.21. The van der Waals surface area contributed by atoms with Crippen molar-refractivity contribution in [2.24, 2.45) is 0 Å². The largest absolute Gasteiger partial charge is 0.383 e. The highest BCUT2D eigenvalue weighted by Crippen LogP contribution is 2.30. The number of nitriles is 1.